The SMILES string of the molecule is Cc1ccc(S(=O)(=O)n2c(-c3cnn(C(C)C)c3)cc3c(-c4cc(=O)n(C)cc4C4CCCC4)cn(C)c(=O)c32)cc1. The highest BCUT2D eigenvalue weighted by Crippen LogP contribution is 2.42. The summed E-state index contributed by atoms with van der Waals surface area (Å²) in [6.07, 6.45) is 11.3. The lowest BCUT2D eigenvalue weighted by molar-refractivity contribution is 0.532. The fourth-order valence-corrected chi connectivity index (χ4v) is 7.59. The molecular weight excluding hydrogens is 550 g/mol. The van der Waals surface area contributed by atoms with Gasteiger partial charge in [0.2, 0.25) is 0 Å². The molecule has 0 bridgehead atoms. The van der Waals surface area contributed by atoms with Crippen molar-refractivity contribution in [3.8, 4) is 22.4 Å². The van der Waals surface area contributed by atoms with Crippen LogP contribution in [0.5, 0.6) is 0 Å². The lowest BCUT2D eigenvalue weighted by Crippen LogP contribution is -2.23. The highest BCUT2D eigenvalue weighted by molar-refractivity contribution is 7.90. The molecule has 0 aliphatic heterocycles. The lowest BCUT2D eigenvalue weighted by atomic mass is 9.90. The first-order chi connectivity index (χ1) is 20.0. The molecular formula is C32H35N5O4S. The van der Waals surface area contributed by atoms with Gasteiger partial charge in [0.05, 0.1) is 16.8 Å². The van der Waals surface area contributed by atoms with Crippen molar-refractivity contribution in [2.45, 2.75) is 63.3 Å². The molecule has 42 heavy (non-hydrogen) atoms. The van der Waals surface area contributed by atoms with Crippen LogP contribution in [-0.2, 0) is 24.1 Å². The molecule has 5 aromatic rings. The summed E-state index contributed by atoms with van der Waals surface area (Å²) in [4.78, 5) is 26.9. The van der Waals surface area contributed by atoms with E-state index in [1.54, 1.807) is 78.3 Å². The third kappa shape index (κ3) is 4.54. The number of hydrogen-bond acceptors (Lipinski definition) is 5. The van der Waals surface area contributed by atoms with Crippen molar-refractivity contribution in [3.05, 3.63) is 93.0 Å². The van der Waals surface area contributed by atoms with Crippen molar-refractivity contribution in [1.29, 1.82) is 0 Å². The van der Waals surface area contributed by atoms with E-state index in [-0.39, 0.29) is 27.9 Å². The Bertz CT molecular complexity index is 2050. The van der Waals surface area contributed by atoms with Gasteiger partial charge in [0, 0.05) is 61.3 Å². The largest absolute Gasteiger partial charge is 0.318 e. The van der Waals surface area contributed by atoms with Crippen LogP contribution in [0.2, 0.25) is 0 Å². The maximum Gasteiger partial charge on any atom is 0.275 e. The van der Waals surface area contributed by atoms with Gasteiger partial charge in [-0.3, -0.25) is 14.3 Å². The van der Waals surface area contributed by atoms with E-state index in [4.69, 9.17) is 0 Å². The molecule has 0 radical (unpaired) electrons. The number of rotatable bonds is 6. The number of aryl methyl sites for hydroxylation is 3. The summed E-state index contributed by atoms with van der Waals surface area (Å²) in [5.74, 6) is 0.279. The number of aromatic nitrogens is 5. The Morgan fingerprint density at radius 2 is 1.60 bits per heavy atom. The van der Waals surface area contributed by atoms with Crippen molar-refractivity contribution in [3.63, 3.8) is 0 Å². The first-order valence-corrected chi connectivity index (χ1v) is 15.7. The topological polar surface area (TPSA) is 101 Å². The smallest absolute Gasteiger partial charge is 0.275 e. The zero-order valence-corrected chi connectivity index (χ0v) is 25.4. The molecule has 1 fully saturated rings. The van der Waals surface area contributed by atoms with E-state index >= 15 is 0 Å². The molecule has 4 heterocycles. The third-order valence-electron chi connectivity index (χ3n) is 8.42. The highest BCUT2D eigenvalue weighted by Gasteiger charge is 2.30. The maximum atomic E-state index is 14.4. The third-order valence-corrected chi connectivity index (χ3v) is 10.2. The monoisotopic (exact) mass is 585 g/mol. The van der Waals surface area contributed by atoms with Gasteiger partial charge in [-0.05, 0) is 68.9 Å². The van der Waals surface area contributed by atoms with Crippen molar-refractivity contribution in [1.82, 2.24) is 22.9 Å². The van der Waals surface area contributed by atoms with Gasteiger partial charge in [0.25, 0.3) is 21.1 Å². The molecule has 218 valence electrons. The Labute approximate surface area is 244 Å². The Morgan fingerprint density at radius 3 is 2.24 bits per heavy atom. The van der Waals surface area contributed by atoms with Crippen LogP contribution in [-0.4, -0.2) is 31.3 Å². The van der Waals surface area contributed by atoms with Gasteiger partial charge >= 0.3 is 0 Å². The lowest BCUT2D eigenvalue weighted by Gasteiger charge is -2.18. The summed E-state index contributed by atoms with van der Waals surface area (Å²) < 4.78 is 34.7. The van der Waals surface area contributed by atoms with Gasteiger partial charge in [0.1, 0.15) is 5.52 Å². The van der Waals surface area contributed by atoms with Gasteiger partial charge < -0.3 is 9.13 Å². The van der Waals surface area contributed by atoms with Gasteiger partial charge in [-0.1, -0.05) is 30.5 Å². The summed E-state index contributed by atoms with van der Waals surface area (Å²) in [5.41, 5.74) is 3.70. The maximum absolute atomic E-state index is 14.4. The minimum atomic E-state index is -4.21. The number of pyridine rings is 2. The van der Waals surface area contributed by atoms with Crippen LogP contribution in [0.25, 0.3) is 33.3 Å². The van der Waals surface area contributed by atoms with Crippen molar-refractivity contribution >= 4 is 20.9 Å². The Kier molecular flexibility index (Phi) is 6.84. The summed E-state index contributed by atoms with van der Waals surface area (Å²) in [5, 5.41) is 4.94. The number of benzene rings is 1. The Hall–Kier alpha value is -4.18. The van der Waals surface area contributed by atoms with Crippen LogP contribution in [0.15, 0.2) is 75.7 Å². The van der Waals surface area contributed by atoms with Crippen molar-refractivity contribution in [2.75, 3.05) is 0 Å². The highest BCUT2D eigenvalue weighted by atomic mass is 32.2. The van der Waals surface area contributed by atoms with Gasteiger partial charge in [-0.15, -0.1) is 0 Å². The zero-order valence-electron chi connectivity index (χ0n) is 24.5. The average molecular weight is 586 g/mol. The van der Waals surface area contributed by atoms with Gasteiger partial charge in [-0.2, -0.15) is 5.10 Å². The molecule has 0 unspecified atom stereocenters. The standard InChI is InChI=1S/C32H35N5O4S/c1-20(2)36-17-23(16-33-36)29-14-26-28(25-15-30(38)34(4)18-27(25)22-8-6-7-9-22)19-35(5)32(39)31(26)37(29)42(40,41)24-12-10-21(3)11-13-24/h10-20,22H,6-9H2,1-5H3. The number of fused-ring (bicyclic) bond motifs is 1. The van der Waals surface area contributed by atoms with E-state index in [1.165, 1.54) is 4.57 Å². The summed E-state index contributed by atoms with van der Waals surface area (Å²) in [6.45, 7) is 5.87. The second-order valence-electron chi connectivity index (χ2n) is 11.7. The molecule has 0 saturated heterocycles. The average Bonchev–Trinajstić information content (AvgIpc) is 3.72. The second-order valence-corrected chi connectivity index (χ2v) is 13.5. The molecule has 0 N–H and O–H groups in total. The second kappa shape index (κ2) is 10.3. The first-order valence-electron chi connectivity index (χ1n) is 14.3. The molecule has 1 saturated carbocycles. The van der Waals surface area contributed by atoms with Crippen molar-refractivity contribution in [2.24, 2.45) is 14.1 Å². The predicted octanol–water partition coefficient (Wildman–Crippen LogP) is 5.35. The summed E-state index contributed by atoms with van der Waals surface area (Å²) in [6, 6.07) is 10.0. The fourth-order valence-electron chi connectivity index (χ4n) is 6.07. The molecule has 0 atom stereocenters. The minimum Gasteiger partial charge on any atom is -0.318 e. The van der Waals surface area contributed by atoms with E-state index < -0.39 is 15.6 Å². The van der Waals surface area contributed by atoms with E-state index in [2.05, 4.69) is 5.10 Å². The molecule has 0 amide bonds. The number of nitrogens with zero attached hydrogens (tertiary/aromatic N) is 5. The quantitative estimate of drug-likeness (QED) is 0.267. The Morgan fingerprint density at radius 1 is 0.905 bits per heavy atom. The molecule has 1 aliphatic carbocycles. The van der Waals surface area contributed by atoms with Crippen molar-refractivity contribution < 1.29 is 8.42 Å². The van der Waals surface area contributed by atoms with Crippen LogP contribution in [0, 0.1) is 6.92 Å². The minimum absolute atomic E-state index is 0.0425. The zero-order chi connectivity index (χ0) is 29.9. The molecule has 0 spiro atoms. The normalized spacial score (nSPS) is 14.4. The molecule has 1 aromatic carbocycles. The van der Waals surface area contributed by atoms with E-state index in [0.29, 0.717) is 22.2 Å². The van der Waals surface area contributed by atoms with E-state index in [9.17, 15) is 18.0 Å². The van der Waals surface area contributed by atoms with Crippen LogP contribution in [0.1, 0.15) is 62.6 Å². The molecule has 6 rings (SSSR count). The van der Waals surface area contributed by atoms with E-state index in [1.807, 2.05) is 27.0 Å². The van der Waals surface area contributed by atoms with Crippen LogP contribution < -0.4 is 11.1 Å². The summed E-state index contributed by atoms with van der Waals surface area (Å²) in [7, 11) is -0.842. The van der Waals surface area contributed by atoms with Gasteiger partial charge in [-0.25, -0.2) is 12.4 Å². The number of hydrogen-bond donors (Lipinski definition) is 0. The fraction of sp³-hybridized carbons (Fsp3) is 0.344. The summed E-state index contributed by atoms with van der Waals surface area (Å²) >= 11 is 0. The van der Waals surface area contributed by atoms with Crippen LogP contribution in [0.3, 0.4) is 0 Å². The molecule has 10 heteroatoms. The Balaban J connectivity index is 1.74. The first kappa shape index (κ1) is 28.0. The van der Waals surface area contributed by atoms with Gasteiger partial charge in [0.15, 0.2) is 0 Å². The molecule has 9 nitrogen and oxygen atoms in total. The van der Waals surface area contributed by atoms with E-state index in [0.717, 1.165) is 46.3 Å². The van der Waals surface area contributed by atoms with Crippen LogP contribution >= 0.6 is 0 Å². The predicted molar refractivity (Wildman–Crippen MR) is 164 cm³/mol. The molecule has 1 aliphatic rings. The molecule has 4 aromatic heterocycles. The van der Waals surface area contributed by atoms with Crippen LogP contribution in [0.4, 0.5) is 0 Å².